The monoisotopic (exact) mass is 396 g/mol. The van der Waals surface area contributed by atoms with Crippen LogP contribution in [0.5, 0.6) is 0 Å². The third-order valence-corrected chi connectivity index (χ3v) is 6.37. The van der Waals surface area contributed by atoms with Crippen molar-refractivity contribution in [1.29, 1.82) is 0 Å². The normalized spacial score (nSPS) is 25.2. The number of likely N-dealkylation sites (tertiary alicyclic amines) is 1. The van der Waals surface area contributed by atoms with E-state index in [9.17, 15) is 4.79 Å². The molecule has 6 heteroatoms. The van der Waals surface area contributed by atoms with Crippen LogP contribution in [-0.2, 0) is 4.74 Å². The zero-order valence-electron chi connectivity index (χ0n) is 17.5. The number of aromatic amines is 1. The number of fused-ring (bicyclic) bond motifs is 1. The summed E-state index contributed by atoms with van der Waals surface area (Å²) in [6.07, 6.45) is 9.46. The molecule has 156 valence electrons. The summed E-state index contributed by atoms with van der Waals surface area (Å²) in [6.45, 7) is 4.97. The molecule has 2 unspecified atom stereocenters. The number of piperidine rings is 1. The molecule has 2 aromatic rings. The van der Waals surface area contributed by atoms with Crippen molar-refractivity contribution in [2.24, 2.45) is 4.99 Å². The predicted molar refractivity (Wildman–Crippen MR) is 118 cm³/mol. The minimum absolute atomic E-state index is 0.0160. The summed E-state index contributed by atoms with van der Waals surface area (Å²) in [5, 5.41) is 0. The molecule has 1 aromatic heterocycles. The Morgan fingerprint density at radius 3 is 2.79 bits per heavy atom. The van der Waals surface area contributed by atoms with Crippen LogP contribution in [0.4, 0.5) is 0 Å². The van der Waals surface area contributed by atoms with Crippen molar-refractivity contribution < 1.29 is 4.74 Å². The topological polar surface area (TPSA) is 62.6 Å². The lowest BCUT2D eigenvalue weighted by Crippen LogP contribution is -2.48. The minimum Gasteiger partial charge on any atom is -0.372 e. The second kappa shape index (κ2) is 9.09. The smallest absolute Gasteiger partial charge is 0.326 e. The number of aromatic nitrogens is 2. The standard InChI is InChI=1S/C23H32N4O2/c1-3-4-7-20(24-2)22-16-18(12-15-29-22)26-13-10-17(11-14-26)27-21-9-6-5-8-19(21)25-23(27)28/h4-9,17-18,22H,3,10-16H2,1-2H3,(H,25,28)/b7-4-,24-20?. The summed E-state index contributed by atoms with van der Waals surface area (Å²) in [4.78, 5) is 22.6. The summed E-state index contributed by atoms with van der Waals surface area (Å²) in [5.74, 6) is 0. The molecule has 0 aliphatic carbocycles. The van der Waals surface area contributed by atoms with Crippen LogP contribution in [0.3, 0.4) is 0 Å². The molecule has 1 N–H and O–H groups in total. The van der Waals surface area contributed by atoms with E-state index in [2.05, 4.69) is 34.0 Å². The lowest BCUT2D eigenvalue weighted by molar-refractivity contribution is -0.00260. The highest BCUT2D eigenvalue weighted by Gasteiger charge is 2.32. The summed E-state index contributed by atoms with van der Waals surface area (Å²) < 4.78 is 8.00. The first-order valence-corrected chi connectivity index (χ1v) is 10.9. The average Bonchev–Trinajstić information content (AvgIpc) is 3.10. The molecule has 4 rings (SSSR count). The van der Waals surface area contributed by atoms with Crippen LogP contribution in [-0.4, -0.2) is 59.1 Å². The highest BCUT2D eigenvalue weighted by Crippen LogP contribution is 2.29. The number of ether oxygens (including phenoxy) is 1. The largest absolute Gasteiger partial charge is 0.372 e. The van der Waals surface area contributed by atoms with Gasteiger partial charge >= 0.3 is 5.69 Å². The molecule has 2 fully saturated rings. The van der Waals surface area contributed by atoms with Crippen molar-refractivity contribution in [3.05, 3.63) is 46.9 Å². The predicted octanol–water partition coefficient (Wildman–Crippen LogP) is 3.55. The van der Waals surface area contributed by atoms with Gasteiger partial charge in [0.05, 0.1) is 16.7 Å². The van der Waals surface area contributed by atoms with Gasteiger partial charge in [0.15, 0.2) is 0 Å². The molecule has 2 aliphatic heterocycles. The van der Waals surface area contributed by atoms with Gasteiger partial charge in [-0.25, -0.2) is 4.79 Å². The van der Waals surface area contributed by atoms with Gasteiger partial charge in [0.25, 0.3) is 0 Å². The molecule has 0 radical (unpaired) electrons. The quantitative estimate of drug-likeness (QED) is 0.786. The molecule has 29 heavy (non-hydrogen) atoms. The number of hydrogen-bond donors (Lipinski definition) is 1. The molecule has 0 amide bonds. The number of allylic oxidation sites excluding steroid dienone is 1. The maximum Gasteiger partial charge on any atom is 0.326 e. The molecule has 1 aromatic carbocycles. The number of nitrogens with one attached hydrogen (secondary N) is 1. The lowest BCUT2D eigenvalue weighted by Gasteiger charge is -2.41. The maximum absolute atomic E-state index is 12.5. The lowest BCUT2D eigenvalue weighted by atomic mass is 9.94. The van der Waals surface area contributed by atoms with E-state index in [-0.39, 0.29) is 17.8 Å². The van der Waals surface area contributed by atoms with Crippen LogP contribution in [0, 0.1) is 0 Å². The van der Waals surface area contributed by atoms with E-state index in [1.54, 1.807) is 0 Å². The number of aliphatic imine (C=N–C) groups is 1. The number of rotatable bonds is 5. The van der Waals surface area contributed by atoms with Gasteiger partial charge in [-0.2, -0.15) is 0 Å². The van der Waals surface area contributed by atoms with Crippen molar-refractivity contribution in [3.63, 3.8) is 0 Å². The third kappa shape index (κ3) is 4.23. The summed E-state index contributed by atoms with van der Waals surface area (Å²) in [7, 11) is 1.85. The number of benzene rings is 1. The fourth-order valence-corrected chi connectivity index (χ4v) is 4.83. The van der Waals surface area contributed by atoms with Crippen LogP contribution in [0.15, 0.2) is 46.2 Å². The molecule has 2 atom stereocenters. The second-order valence-corrected chi connectivity index (χ2v) is 8.08. The van der Waals surface area contributed by atoms with Crippen LogP contribution in [0.2, 0.25) is 0 Å². The van der Waals surface area contributed by atoms with E-state index in [1.807, 2.05) is 35.9 Å². The molecule has 3 heterocycles. The van der Waals surface area contributed by atoms with Gasteiger partial charge in [-0.05, 0) is 50.3 Å². The summed E-state index contributed by atoms with van der Waals surface area (Å²) in [6, 6.07) is 8.79. The fourth-order valence-electron chi connectivity index (χ4n) is 4.83. The Kier molecular flexibility index (Phi) is 6.31. The van der Waals surface area contributed by atoms with Gasteiger partial charge in [-0.1, -0.05) is 25.1 Å². The van der Waals surface area contributed by atoms with E-state index < -0.39 is 0 Å². The van der Waals surface area contributed by atoms with Gasteiger partial charge in [0.1, 0.15) is 6.10 Å². The number of nitrogens with zero attached hydrogens (tertiary/aromatic N) is 3. The van der Waals surface area contributed by atoms with E-state index in [0.29, 0.717) is 6.04 Å². The average molecular weight is 397 g/mol. The first kappa shape index (κ1) is 20.1. The molecule has 0 bridgehead atoms. The first-order chi connectivity index (χ1) is 14.2. The van der Waals surface area contributed by atoms with Gasteiger partial charge in [0, 0.05) is 38.8 Å². The molecule has 0 spiro atoms. The minimum atomic E-state index is 0.0160. The number of hydrogen-bond acceptors (Lipinski definition) is 4. The molecular weight excluding hydrogens is 364 g/mol. The Morgan fingerprint density at radius 2 is 2.03 bits per heavy atom. The fraction of sp³-hybridized carbons (Fsp3) is 0.565. The number of imidazole rings is 1. The van der Waals surface area contributed by atoms with Gasteiger partial charge in [-0.3, -0.25) is 9.56 Å². The zero-order valence-corrected chi connectivity index (χ0v) is 17.5. The van der Waals surface area contributed by atoms with Crippen LogP contribution >= 0.6 is 0 Å². The van der Waals surface area contributed by atoms with Crippen LogP contribution in [0.25, 0.3) is 11.0 Å². The molecule has 6 nitrogen and oxygen atoms in total. The van der Waals surface area contributed by atoms with Crippen molar-refractivity contribution in [2.75, 3.05) is 26.7 Å². The van der Waals surface area contributed by atoms with Crippen molar-refractivity contribution >= 4 is 16.7 Å². The highest BCUT2D eigenvalue weighted by molar-refractivity contribution is 5.98. The van der Waals surface area contributed by atoms with Crippen LogP contribution < -0.4 is 5.69 Å². The van der Waals surface area contributed by atoms with E-state index in [0.717, 1.165) is 68.5 Å². The Balaban J connectivity index is 1.41. The van der Waals surface area contributed by atoms with Crippen LogP contribution in [0.1, 0.15) is 45.1 Å². The van der Waals surface area contributed by atoms with E-state index in [4.69, 9.17) is 4.74 Å². The summed E-state index contributed by atoms with van der Waals surface area (Å²) in [5.41, 5.74) is 3.02. The first-order valence-electron chi connectivity index (χ1n) is 10.9. The Bertz CT molecular complexity index is 934. The Hall–Kier alpha value is -2.18. The van der Waals surface area contributed by atoms with Crippen molar-refractivity contribution in [3.8, 4) is 0 Å². The highest BCUT2D eigenvalue weighted by atomic mass is 16.5. The number of H-pyrrole nitrogens is 1. The number of para-hydroxylation sites is 2. The van der Waals surface area contributed by atoms with Gasteiger partial charge in [-0.15, -0.1) is 0 Å². The molecule has 2 saturated heterocycles. The van der Waals surface area contributed by atoms with E-state index in [1.165, 1.54) is 0 Å². The maximum atomic E-state index is 12.5. The van der Waals surface area contributed by atoms with Gasteiger partial charge < -0.3 is 14.6 Å². The Labute approximate surface area is 172 Å². The van der Waals surface area contributed by atoms with Crippen molar-refractivity contribution in [2.45, 2.75) is 57.2 Å². The molecular formula is C23H32N4O2. The van der Waals surface area contributed by atoms with Crippen molar-refractivity contribution in [1.82, 2.24) is 14.5 Å². The zero-order chi connectivity index (χ0) is 20.2. The second-order valence-electron chi connectivity index (χ2n) is 8.08. The molecule has 0 saturated carbocycles. The third-order valence-electron chi connectivity index (χ3n) is 6.37. The SMILES string of the molecule is CC/C=C\C(=NC)C1CC(N2CCC(n3c(=O)[nH]c4ccccc43)CC2)CCO1. The van der Waals surface area contributed by atoms with E-state index >= 15 is 0 Å². The molecule has 2 aliphatic rings. The summed E-state index contributed by atoms with van der Waals surface area (Å²) >= 11 is 0. The van der Waals surface area contributed by atoms with Gasteiger partial charge in [0.2, 0.25) is 0 Å². The Morgan fingerprint density at radius 1 is 1.24 bits per heavy atom.